The van der Waals surface area contributed by atoms with Crippen LogP contribution in [0.25, 0.3) is 11.0 Å². The predicted octanol–water partition coefficient (Wildman–Crippen LogP) is 0.447. The van der Waals surface area contributed by atoms with Crippen LogP contribution in [0.5, 0.6) is 0 Å². The molecule has 0 bridgehead atoms. The van der Waals surface area contributed by atoms with E-state index in [-0.39, 0.29) is 0 Å². The topological polar surface area (TPSA) is 112 Å². The summed E-state index contributed by atoms with van der Waals surface area (Å²) in [6.07, 6.45) is 0. The Kier molecular flexibility index (Phi) is 2.67. The largest absolute Gasteiger partial charge is 0.476 e. The summed E-state index contributed by atoms with van der Waals surface area (Å²) in [5, 5.41) is 17.4. The van der Waals surface area contributed by atoms with Gasteiger partial charge in [-0.25, -0.2) is 20.2 Å². The molecule has 1 amide bonds. The molecule has 1 aromatic carbocycles. The van der Waals surface area contributed by atoms with Crippen LogP contribution in [0.3, 0.4) is 0 Å². The van der Waals surface area contributed by atoms with Gasteiger partial charge in [0.1, 0.15) is 0 Å². The SMILES string of the molecule is O=C(O)c1nc2ccccc2nc1C(=O)NO. The van der Waals surface area contributed by atoms with Crippen molar-refractivity contribution in [2.45, 2.75) is 0 Å². The van der Waals surface area contributed by atoms with Crippen molar-refractivity contribution >= 4 is 22.9 Å². The van der Waals surface area contributed by atoms with Gasteiger partial charge in [-0.15, -0.1) is 0 Å². The summed E-state index contributed by atoms with van der Waals surface area (Å²) in [5.74, 6) is -2.40. The highest BCUT2D eigenvalue weighted by Gasteiger charge is 2.20. The minimum absolute atomic E-state index is 0.361. The van der Waals surface area contributed by atoms with Gasteiger partial charge in [-0.05, 0) is 12.1 Å². The molecule has 3 N–H and O–H groups in total. The lowest BCUT2D eigenvalue weighted by Gasteiger charge is -2.04. The number of hydroxylamine groups is 1. The molecule has 0 aliphatic carbocycles. The summed E-state index contributed by atoms with van der Waals surface area (Å²) in [6, 6.07) is 6.52. The van der Waals surface area contributed by atoms with Gasteiger partial charge >= 0.3 is 5.97 Å². The van der Waals surface area contributed by atoms with E-state index >= 15 is 0 Å². The Bertz CT molecular complexity index is 612. The van der Waals surface area contributed by atoms with E-state index in [4.69, 9.17) is 10.3 Å². The van der Waals surface area contributed by atoms with Gasteiger partial charge in [-0.3, -0.25) is 10.0 Å². The molecule has 7 heteroatoms. The Morgan fingerprint density at radius 1 is 1.06 bits per heavy atom. The maximum absolute atomic E-state index is 11.3. The number of rotatable bonds is 2. The molecule has 17 heavy (non-hydrogen) atoms. The number of hydrogen-bond donors (Lipinski definition) is 3. The average Bonchev–Trinajstić information content (AvgIpc) is 2.36. The lowest BCUT2D eigenvalue weighted by molar-refractivity contribution is 0.0653. The highest BCUT2D eigenvalue weighted by Crippen LogP contribution is 2.12. The molecule has 0 fully saturated rings. The standard InChI is InChI=1S/C10H7N3O4/c14-9(13-17)7-8(10(15)16)12-6-4-2-1-3-5(6)11-7/h1-4,17H,(H,13,14)(H,15,16). The second-order valence-electron chi connectivity index (χ2n) is 3.16. The van der Waals surface area contributed by atoms with Gasteiger partial charge in [0.05, 0.1) is 11.0 Å². The molecule has 0 aliphatic heterocycles. The zero-order valence-corrected chi connectivity index (χ0v) is 8.41. The van der Waals surface area contributed by atoms with Crippen LogP contribution >= 0.6 is 0 Å². The summed E-state index contributed by atoms with van der Waals surface area (Å²) in [7, 11) is 0. The quantitative estimate of drug-likeness (QED) is 0.512. The van der Waals surface area contributed by atoms with E-state index in [1.807, 2.05) is 0 Å². The fraction of sp³-hybridized carbons (Fsp3) is 0. The zero-order chi connectivity index (χ0) is 12.4. The van der Waals surface area contributed by atoms with Crippen LogP contribution in [0.4, 0.5) is 0 Å². The van der Waals surface area contributed by atoms with E-state index < -0.39 is 23.3 Å². The van der Waals surface area contributed by atoms with Gasteiger partial charge < -0.3 is 5.11 Å². The molecule has 2 aromatic rings. The molecule has 7 nitrogen and oxygen atoms in total. The van der Waals surface area contributed by atoms with E-state index in [9.17, 15) is 9.59 Å². The second kappa shape index (κ2) is 4.14. The molecular weight excluding hydrogens is 226 g/mol. The Morgan fingerprint density at radius 3 is 2.06 bits per heavy atom. The number of nitrogens with one attached hydrogen (secondary N) is 1. The summed E-state index contributed by atoms with van der Waals surface area (Å²) in [4.78, 5) is 29.8. The Morgan fingerprint density at radius 2 is 1.59 bits per heavy atom. The molecule has 0 unspecified atom stereocenters. The summed E-state index contributed by atoms with van der Waals surface area (Å²) < 4.78 is 0. The van der Waals surface area contributed by atoms with Crippen LogP contribution in [0.1, 0.15) is 21.0 Å². The first-order valence-corrected chi connectivity index (χ1v) is 4.58. The number of carbonyl (C=O) groups excluding carboxylic acids is 1. The van der Waals surface area contributed by atoms with Crippen molar-refractivity contribution in [3.63, 3.8) is 0 Å². The Balaban J connectivity index is 2.75. The molecule has 0 saturated carbocycles. The summed E-state index contributed by atoms with van der Waals surface area (Å²) in [5.41, 5.74) is 1.13. The normalized spacial score (nSPS) is 10.2. The first-order valence-electron chi connectivity index (χ1n) is 4.58. The molecule has 0 aliphatic rings. The molecule has 0 saturated heterocycles. The van der Waals surface area contributed by atoms with Crippen molar-refractivity contribution < 1.29 is 19.9 Å². The van der Waals surface area contributed by atoms with Crippen molar-refractivity contribution in [3.8, 4) is 0 Å². The molecular formula is C10H7N3O4. The molecule has 1 aromatic heterocycles. The molecule has 0 radical (unpaired) electrons. The first-order chi connectivity index (χ1) is 8.13. The first kappa shape index (κ1) is 11.0. The molecule has 1 heterocycles. The van der Waals surface area contributed by atoms with Crippen molar-refractivity contribution in [1.29, 1.82) is 0 Å². The third kappa shape index (κ3) is 1.91. The maximum atomic E-state index is 11.3. The number of para-hydroxylation sites is 2. The zero-order valence-electron chi connectivity index (χ0n) is 8.41. The fourth-order valence-corrected chi connectivity index (χ4v) is 1.36. The second-order valence-corrected chi connectivity index (χ2v) is 3.16. The lowest BCUT2D eigenvalue weighted by Crippen LogP contribution is -2.24. The van der Waals surface area contributed by atoms with Gasteiger partial charge in [0, 0.05) is 0 Å². The van der Waals surface area contributed by atoms with Gasteiger partial charge in [0.2, 0.25) is 0 Å². The third-order valence-corrected chi connectivity index (χ3v) is 2.09. The van der Waals surface area contributed by atoms with Gasteiger partial charge in [0.15, 0.2) is 11.4 Å². The number of carboxylic acid groups (broad SMARTS) is 1. The highest BCUT2D eigenvalue weighted by atomic mass is 16.5. The minimum Gasteiger partial charge on any atom is -0.476 e. The van der Waals surface area contributed by atoms with Gasteiger partial charge in [-0.2, -0.15) is 0 Å². The smallest absolute Gasteiger partial charge is 0.357 e. The summed E-state index contributed by atoms with van der Waals surface area (Å²) in [6.45, 7) is 0. The molecule has 86 valence electrons. The number of aromatic carboxylic acids is 1. The van der Waals surface area contributed by atoms with Gasteiger partial charge in [-0.1, -0.05) is 12.1 Å². The van der Waals surface area contributed by atoms with E-state index in [2.05, 4.69) is 9.97 Å². The maximum Gasteiger partial charge on any atom is 0.357 e. The van der Waals surface area contributed by atoms with Crippen molar-refractivity contribution in [3.05, 3.63) is 35.7 Å². The van der Waals surface area contributed by atoms with Gasteiger partial charge in [0.25, 0.3) is 5.91 Å². The number of carbonyl (C=O) groups is 2. The van der Waals surface area contributed by atoms with Crippen molar-refractivity contribution in [2.24, 2.45) is 0 Å². The number of benzene rings is 1. The number of hydrogen-bond acceptors (Lipinski definition) is 5. The van der Waals surface area contributed by atoms with E-state index in [1.165, 1.54) is 5.48 Å². The van der Waals surface area contributed by atoms with Crippen molar-refractivity contribution in [1.82, 2.24) is 15.4 Å². The average molecular weight is 233 g/mol. The number of carboxylic acids is 1. The van der Waals surface area contributed by atoms with Crippen LogP contribution in [-0.2, 0) is 0 Å². The monoisotopic (exact) mass is 233 g/mol. The summed E-state index contributed by atoms with van der Waals surface area (Å²) >= 11 is 0. The third-order valence-electron chi connectivity index (χ3n) is 2.09. The lowest BCUT2D eigenvalue weighted by atomic mass is 10.2. The van der Waals surface area contributed by atoms with Crippen LogP contribution in [0.2, 0.25) is 0 Å². The number of aromatic nitrogens is 2. The van der Waals surface area contributed by atoms with E-state index in [0.29, 0.717) is 11.0 Å². The minimum atomic E-state index is -1.39. The van der Waals surface area contributed by atoms with E-state index in [1.54, 1.807) is 24.3 Å². The fourth-order valence-electron chi connectivity index (χ4n) is 1.36. The molecule has 0 atom stereocenters. The van der Waals surface area contributed by atoms with E-state index in [0.717, 1.165) is 0 Å². The van der Waals surface area contributed by atoms with Crippen molar-refractivity contribution in [2.75, 3.05) is 0 Å². The van der Waals surface area contributed by atoms with Crippen LogP contribution < -0.4 is 5.48 Å². The predicted molar refractivity (Wildman–Crippen MR) is 55.8 cm³/mol. The number of amides is 1. The Hall–Kier alpha value is -2.54. The highest BCUT2D eigenvalue weighted by molar-refractivity contribution is 6.03. The number of nitrogens with zero attached hydrogens (tertiary/aromatic N) is 2. The molecule has 0 spiro atoms. The molecule has 2 rings (SSSR count). The van der Waals surface area contributed by atoms with Crippen LogP contribution in [0, 0.1) is 0 Å². The van der Waals surface area contributed by atoms with Crippen LogP contribution in [0.15, 0.2) is 24.3 Å². The number of fused-ring (bicyclic) bond motifs is 1. The van der Waals surface area contributed by atoms with Crippen LogP contribution in [-0.4, -0.2) is 32.2 Å². The Labute approximate surface area is 94.7 Å².